The highest BCUT2D eigenvalue weighted by Crippen LogP contribution is 2.51. The fourth-order valence-electron chi connectivity index (χ4n) is 3.30. The normalized spacial score (nSPS) is 28.2. The Morgan fingerprint density at radius 2 is 1.61 bits per heavy atom. The van der Waals surface area contributed by atoms with Crippen LogP contribution in [0.2, 0.25) is 0 Å². The molecule has 126 valence electrons. The molecular formula is C17H19F4NO. The van der Waals surface area contributed by atoms with Crippen molar-refractivity contribution in [1.82, 2.24) is 4.90 Å². The standard InChI is InChI=1S/C17H19F4NO/c1-10(2)13-7-14(13)11-3-5-12(6-4-11)15(23)22-8-16(18,19)17(20,21)9-22/h3-6,10,13-14H,7-9H2,1-2H3/t13-,14-/m1/s1. The smallest absolute Gasteiger partial charge is 0.326 e. The first-order valence-electron chi connectivity index (χ1n) is 7.77. The maximum atomic E-state index is 13.2. The number of carbonyl (C=O) groups excluding carboxylic acids is 1. The number of likely N-dealkylation sites (tertiary alicyclic amines) is 1. The van der Waals surface area contributed by atoms with Crippen molar-refractivity contribution in [3.63, 3.8) is 0 Å². The summed E-state index contributed by atoms with van der Waals surface area (Å²) in [6.07, 6.45) is 1.11. The van der Waals surface area contributed by atoms with Gasteiger partial charge in [0, 0.05) is 5.56 Å². The number of benzene rings is 1. The van der Waals surface area contributed by atoms with Crippen LogP contribution in [0, 0.1) is 11.8 Å². The molecule has 0 aromatic heterocycles. The van der Waals surface area contributed by atoms with Gasteiger partial charge >= 0.3 is 11.8 Å². The lowest BCUT2D eigenvalue weighted by molar-refractivity contribution is -0.172. The van der Waals surface area contributed by atoms with Crippen molar-refractivity contribution in [3.05, 3.63) is 35.4 Å². The zero-order valence-electron chi connectivity index (χ0n) is 13.0. The van der Waals surface area contributed by atoms with Crippen LogP contribution in [-0.4, -0.2) is 35.7 Å². The monoisotopic (exact) mass is 329 g/mol. The molecule has 2 fully saturated rings. The van der Waals surface area contributed by atoms with Crippen molar-refractivity contribution in [2.45, 2.75) is 38.0 Å². The minimum absolute atomic E-state index is 0.170. The lowest BCUT2D eigenvalue weighted by Crippen LogP contribution is -2.38. The Hall–Kier alpha value is -1.59. The molecule has 1 amide bonds. The molecule has 3 rings (SSSR count). The molecule has 1 aromatic rings. The summed E-state index contributed by atoms with van der Waals surface area (Å²) >= 11 is 0. The van der Waals surface area contributed by atoms with Crippen LogP contribution in [-0.2, 0) is 0 Å². The molecule has 2 atom stereocenters. The van der Waals surface area contributed by atoms with Gasteiger partial charge in [0.1, 0.15) is 0 Å². The van der Waals surface area contributed by atoms with Crippen molar-refractivity contribution in [3.8, 4) is 0 Å². The number of hydrogen-bond acceptors (Lipinski definition) is 1. The topological polar surface area (TPSA) is 20.3 Å². The van der Waals surface area contributed by atoms with Gasteiger partial charge in [0.05, 0.1) is 13.1 Å². The Labute approximate surface area is 132 Å². The van der Waals surface area contributed by atoms with E-state index in [1.165, 1.54) is 0 Å². The lowest BCUT2D eigenvalue weighted by Gasteiger charge is -2.15. The van der Waals surface area contributed by atoms with E-state index in [0.717, 1.165) is 12.0 Å². The second kappa shape index (κ2) is 5.21. The molecule has 1 saturated carbocycles. The summed E-state index contributed by atoms with van der Waals surface area (Å²) in [5.41, 5.74) is 1.28. The predicted octanol–water partition coefficient (Wildman–Crippen LogP) is 4.17. The SMILES string of the molecule is CC(C)[C@H]1C[C@@H]1c1ccc(C(=O)N2CC(F)(F)C(F)(F)C2)cc1. The van der Waals surface area contributed by atoms with E-state index in [1.54, 1.807) is 24.3 Å². The molecule has 2 aliphatic rings. The van der Waals surface area contributed by atoms with E-state index >= 15 is 0 Å². The van der Waals surface area contributed by atoms with Gasteiger partial charge in [0.15, 0.2) is 0 Å². The molecule has 2 nitrogen and oxygen atoms in total. The van der Waals surface area contributed by atoms with Gasteiger partial charge in [-0.3, -0.25) is 4.79 Å². The third-order valence-electron chi connectivity index (χ3n) is 4.88. The molecule has 0 spiro atoms. The number of nitrogens with zero attached hydrogens (tertiary/aromatic N) is 1. The Bertz CT molecular complexity index is 596. The highest BCUT2D eigenvalue weighted by molar-refractivity contribution is 5.94. The molecule has 1 aromatic carbocycles. The van der Waals surface area contributed by atoms with E-state index < -0.39 is 30.8 Å². The summed E-state index contributed by atoms with van der Waals surface area (Å²) in [6, 6.07) is 6.68. The Morgan fingerprint density at radius 3 is 2.04 bits per heavy atom. The average Bonchev–Trinajstić information content (AvgIpc) is 3.22. The van der Waals surface area contributed by atoms with Crippen molar-refractivity contribution in [1.29, 1.82) is 0 Å². The van der Waals surface area contributed by atoms with Crippen LogP contribution in [0.5, 0.6) is 0 Å². The van der Waals surface area contributed by atoms with Gasteiger partial charge in [-0.1, -0.05) is 26.0 Å². The molecule has 6 heteroatoms. The number of halogens is 4. The molecule has 0 unspecified atom stereocenters. The fourth-order valence-corrected chi connectivity index (χ4v) is 3.30. The van der Waals surface area contributed by atoms with Gasteiger partial charge in [0.25, 0.3) is 5.91 Å². The number of rotatable bonds is 3. The summed E-state index contributed by atoms with van der Waals surface area (Å²) in [4.78, 5) is 12.7. The Kier molecular flexibility index (Phi) is 3.69. The molecule has 0 bridgehead atoms. The average molecular weight is 329 g/mol. The van der Waals surface area contributed by atoms with Gasteiger partial charge in [-0.05, 0) is 41.9 Å². The second-order valence-corrected chi connectivity index (χ2v) is 6.94. The molecule has 0 N–H and O–H groups in total. The van der Waals surface area contributed by atoms with Crippen molar-refractivity contribution in [2.75, 3.05) is 13.1 Å². The van der Waals surface area contributed by atoms with Crippen LogP contribution < -0.4 is 0 Å². The van der Waals surface area contributed by atoms with E-state index in [0.29, 0.717) is 22.7 Å². The first kappa shape index (κ1) is 16.3. The number of hydrogen-bond donors (Lipinski definition) is 0. The zero-order valence-corrected chi connectivity index (χ0v) is 13.0. The van der Waals surface area contributed by atoms with E-state index in [4.69, 9.17) is 0 Å². The van der Waals surface area contributed by atoms with E-state index in [1.807, 2.05) is 0 Å². The van der Waals surface area contributed by atoms with Gasteiger partial charge in [-0.15, -0.1) is 0 Å². The molecule has 1 aliphatic heterocycles. The number of amides is 1. The van der Waals surface area contributed by atoms with Crippen molar-refractivity contribution < 1.29 is 22.4 Å². The third kappa shape index (κ3) is 2.83. The van der Waals surface area contributed by atoms with Gasteiger partial charge in [-0.2, -0.15) is 17.6 Å². The molecule has 1 saturated heterocycles. The summed E-state index contributed by atoms with van der Waals surface area (Å²) < 4.78 is 52.8. The lowest BCUT2D eigenvalue weighted by atomic mass is 10.0. The van der Waals surface area contributed by atoms with Crippen LogP contribution in [0.1, 0.15) is 42.1 Å². The summed E-state index contributed by atoms with van der Waals surface area (Å²) in [5, 5.41) is 0. The highest BCUT2D eigenvalue weighted by atomic mass is 19.3. The van der Waals surface area contributed by atoms with E-state index in [2.05, 4.69) is 13.8 Å². The number of alkyl halides is 4. The van der Waals surface area contributed by atoms with Gasteiger partial charge in [-0.25, -0.2) is 0 Å². The predicted molar refractivity (Wildman–Crippen MR) is 77.9 cm³/mol. The van der Waals surface area contributed by atoms with Crippen LogP contribution in [0.15, 0.2) is 24.3 Å². The van der Waals surface area contributed by atoms with E-state index in [-0.39, 0.29) is 5.56 Å². The zero-order chi connectivity index (χ0) is 17.0. The van der Waals surface area contributed by atoms with Crippen LogP contribution in [0.25, 0.3) is 0 Å². The van der Waals surface area contributed by atoms with Crippen molar-refractivity contribution >= 4 is 5.91 Å². The van der Waals surface area contributed by atoms with Crippen molar-refractivity contribution in [2.24, 2.45) is 11.8 Å². The maximum absolute atomic E-state index is 13.2. The van der Waals surface area contributed by atoms with Gasteiger partial charge < -0.3 is 4.90 Å². The first-order valence-corrected chi connectivity index (χ1v) is 7.77. The molecule has 1 aliphatic carbocycles. The quantitative estimate of drug-likeness (QED) is 0.762. The minimum atomic E-state index is -4.17. The van der Waals surface area contributed by atoms with Crippen LogP contribution in [0.3, 0.4) is 0 Å². The van der Waals surface area contributed by atoms with E-state index in [9.17, 15) is 22.4 Å². The largest absolute Gasteiger partial charge is 0.329 e. The third-order valence-corrected chi connectivity index (χ3v) is 4.88. The summed E-state index contributed by atoms with van der Waals surface area (Å²) in [5.74, 6) is -7.41. The fraction of sp³-hybridized carbons (Fsp3) is 0.588. The summed E-state index contributed by atoms with van der Waals surface area (Å²) in [7, 11) is 0. The highest BCUT2D eigenvalue weighted by Gasteiger charge is 2.63. The second-order valence-electron chi connectivity index (χ2n) is 6.94. The minimum Gasteiger partial charge on any atom is -0.326 e. The molecule has 0 radical (unpaired) electrons. The van der Waals surface area contributed by atoms with Crippen LogP contribution >= 0.6 is 0 Å². The maximum Gasteiger partial charge on any atom is 0.329 e. The molecule has 1 heterocycles. The van der Waals surface area contributed by atoms with Gasteiger partial charge in [0.2, 0.25) is 0 Å². The molecule has 23 heavy (non-hydrogen) atoms. The number of carbonyl (C=O) groups is 1. The first-order chi connectivity index (χ1) is 10.6. The summed E-state index contributed by atoms with van der Waals surface area (Å²) in [6.45, 7) is 1.85. The molecular weight excluding hydrogens is 310 g/mol. The van der Waals surface area contributed by atoms with Crippen LogP contribution in [0.4, 0.5) is 17.6 Å². The Balaban J connectivity index is 1.70. The Morgan fingerprint density at radius 1 is 1.09 bits per heavy atom.